The van der Waals surface area contributed by atoms with Gasteiger partial charge in [-0.15, -0.1) is 0 Å². The van der Waals surface area contributed by atoms with Crippen LogP contribution in [-0.4, -0.2) is 33.0 Å². The van der Waals surface area contributed by atoms with Crippen molar-refractivity contribution in [2.45, 2.75) is 25.8 Å². The Hall–Kier alpha value is -2.74. The van der Waals surface area contributed by atoms with Crippen LogP contribution in [-0.2, 0) is 0 Å². The summed E-state index contributed by atoms with van der Waals surface area (Å²) in [6, 6.07) is 8.94. The Labute approximate surface area is 156 Å². The van der Waals surface area contributed by atoms with Gasteiger partial charge >= 0.3 is 0 Å². The number of hydrogen-bond acceptors (Lipinski definition) is 8. The number of aryl methyl sites for hydroxylation is 1. The Morgan fingerprint density at radius 1 is 1.31 bits per heavy atom. The first-order valence-electron chi connectivity index (χ1n) is 8.45. The van der Waals surface area contributed by atoms with E-state index in [1.54, 1.807) is 7.11 Å². The van der Waals surface area contributed by atoms with Crippen molar-refractivity contribution in [3.63, 3.8) is 0 Å². The molecule has 4 rings (SSSR count). The van der Waals surface area contributed by atoms with Gasteiger partial charge in [-0.2, -0.15) is 9.36 Å². The number of aromatic nitrogens is 4. The Morgan fingerprint density at radius 3 is 2.88 bits per heavy atom. The number of anilines is 3. The molecular weight excluding hydrogens is 348 g/mol. The summed E-state index contributed by atoms with van der Waals surface area (Å²) in [7, 11) is 1.57. The van der Waals surface area contributed by atoms with Gasteiger partial charge in [0.05, 0.1) is 13.2 Å². The zero-order valence-corrected chi connectivity index (χ0v) is 15.5. The van der Waals surface area contributed by atoms with Crippen molar-refractivity contribution in [3.05, 3.63) is 47.9 Å². The van der Waals surface area contributed by atoms with Crippen molar-refractivity contribution < 1.29 is 4.74 Å². The van der Waals surface area contributed by atoms with Crippen LogP contribution in [0.1, 0.15) is 30.0 Å². The summed E-state index contributed by atoms with van der Waals surface area (Å²) in [4.78, 5) is 15.5. The first-order chi connectivity index (χ1) is 12.7. The molecule has 1 aromatic carbocycles. The summed E-state index contributed by atoms with van der Waals surface area (Å²) in [5.74, 6) is 1.64. The zero-order valence-electron chi connectivity index (χ0n) is 14.6. The molecular formula is C18H19N6OS. The normalized spacial score (nSPS) is 16.7. The molecule has 2 aromatic heterocycles. The van der Waals surface area contributed by atoms with E-state index >= 15 is 0 Å². The zero-order chi connectivity index (χ0) is 17.9. The minimum absolute atomic E-state index is 0.270. The van der Waals surface area contributed by atoms with E-state index in [2.05, 4.69) is 66.9 Å². The summed E-state index contributed by atoms with van der Waals surface area (Å²) < 4.78 is 9.33. The van der Waals surface area contributed by atoms with Crippen LogP contribution in [0.4, 0.5) is 16.9 Å². The summed E-state index contributed by atoms with van der Waals surface area (Å²) in [6.45, 7) is 3.01. The number of hydrogen-bond donors (Lipinski definition) is 1. The molecule has 1 aliphatic heterocycles. The molecule has 1 N–H and O–H groups in total. The van der Waals surface area contributed by atoms with E-state index in [0.29, 0.717) is 22.6 Å². The van der Waals surface area contributed by atoms with Crippen molar-refractivity contribution in [3.8, 4) is 5.75 Å². The molecule has 1 atom stereocenters. The minimum atomic E-state index is 0.270. The average Bonchev–Trinajstić information content (AvgIpc) is 3.34. The summed E-state index contributed by atoms with van der Waals surface area (Å²) in [5.41, 5.74) is 2.54. The SMILES string of the molecule is COc1[c]nc(N2CCC[C@H]2c2ccc(C)cc2)nc1Nc1ncns1. The minimum Gasteiger partial charge on any atom is -0.491 e. The highest BCUT2D eigenvalue weighted by Gasteiger charge is 2.28. The molecule has 1 aliphatic rings. The summed E-state index contributed by atoms with van der Waals surface area (Å²) >= 11 is 1.26. The molecule has 3 aromatic rings. The molecule has 0 saturated carbocycles. The lowest BCUT2D eigenvalue weighted by Crippen LogP contribution is -2.25. The second kappa shape index (κ2) is 7.25. The first-order valence-corrected chi connectivity index (χ1v) is 9.22. The van der Waals surface area contributed by atoms with Gasteiger partial charge in [0, 0.05) is 18.1 Å². The van der Waals surface area contributed by atoms with Gasteiger partial charge in [-0.3, -0.25) is 0 Å². The molecule has 1 fully saturated rings. The number of nitrogens with zero attached hydrogens (tertiary/aromatic N) is 5. The molecule has 0 spiro atoms. The lowest BCUT2D eigenvalue weighted by molar-refractivity contribution is 0.412. The first kappa shape index (κ1) is 16.7. The van der Waals surface area contributed by atoms with Crippen molar-refractivity contribution in [1.82, 2.24) is 19.3 Å². The van der Waals surface area contributed by atoms with Crippen molar-refractivity contribution in [2.24, 2.45) is 0 Å². The molecule has 0 unspecified atom stereocenters. The molecule has 7 nitrogen and oxygen atoms in total. The van der Waals surface area contributed by atoms with E-state index in [1.807, 2.05) is 0 Å². The largest absolute Gasteiger partial charge is 0.491 e. The number of methoxy groups -OCH3 is 1. The van der Waals surface area contributed by atoms with Gasteiger partial charge in [0.2, 0.25) is 11.1 Å². The van der Waals surface area contributed by atoms with E-state index in [1.165, 1.54) is 29.0 Å². The molecule has 0 aliphatic carbocycles. The number of nitrogens with one attached hydrogen (secondary N) is 1. The fourth-order valence-corrected chi connectivity index (χ4v) is 3.59. The van der Waals surface area contributed by atoms with Gasteiger partial charge in [-0.1, -0.05) is 29.8 Å². The van der Waals surface area contributed by atoms with Crippen LogP contribution in [0.5, 0.6) is 5.75 Å². The predicted molar refractivity (Wildman–Crippen MR) is 101 cm³/mol. The van der Waals surface area contributed by atoms with Gasteiger partial charge in [-0.25, -0.2) is 9.97 Å². The van der Waals surface area contributed by atoms with Crippen LogP contribution in [0.2, 0.25) is 0 Å². The predicted octanol–water partition coefficient (Wildman–Crippen LogP) is 3.53. The standard InChI is InChI=1S/C18H19N6OS/c1-12-5-7-13(8-6-12)14-4-3-9-24(14)17-19-10-15(25-2)16(22-17)23-18-20-11-21-26-18/h5-8,11,14H,3-4,9H2,1-2H3,(H,19,20,21,22,23)/t14-/m0/s1. The van der Waals surface area contributed by atoms with Gasteiger partial charge < -0.3 is 15.0 Å². The lowest BCUT2D eigenvalue weighted by Gasteiger charge is -2.25. The maximum atomic E-state index is 5.33. The Morgan fingerprint density at radius 2 is 2.15 bits per heavy atom. The fraction of sp³-hybridized carbons (Fsp3) is 0.333. The molecule has 0 amide bonds. The topological polar surface area (TPSA) is 76.1 Å². The molecule has 8 heteroatoms. The molecule has 0 bridgehead atoms. The molecule has 3 heterocycles. The van der Waals surface area contributed by atoms with Gasteiger partial charge in [0.25, 0.3) is 0 Å². The van der Waals surface area contributed by atoms with E-state index in [9.17, 15) is 0 Å². The second-order valence-corrected chi connectivity index (χ2v) is 6.93. The molecule has 1 saturated heterocycles. The molecule has 133 valence electrons. The van der Waals surface area contributed by atoms with Crippen LogP contribution in [0.15, 0.2) is 30.6 Å². The molecule has 26 heavy (non-hydrogen) atoms. The number of rotatable bonds is 5. The van der Waals surface area contributed by atoms with Crippen LogP contribution in [0.3, 0.4) is 0 Å². The van der Waals surface area contributed by atoms with Crippen molar-refractivity contribution in [1.29, 1.82) is 0 Å². The molecule has 1 radical (unpaired) electrons. The Balaban J connectivity index is 1.64. The van der Waals surface area contributed by atoms with Crippen LogP contribution < -0.4 is 15.0 Å². The highest BCUT2D eigenvalue weighted by Crippen LogP contribution is 2.36. The Kier molecular flexibility index (Phi) is 4.66. The lowest BCUT2D eigenvalue weighted by atomic mass is 10.0. The van der Waals surface area contributed by atoms with E-state index in [-0.39, 0.29) is 6.04 Å². The van der Waals surface area contributed by atoms with E-state index in [0.717, 1.165) is 19.4 Å². The monoisotopic (exact) mass is 367 g/mol. The third-order valence-electron chi connectivity index (χ3n) is 4.45. The van der Waals surface area contributed by atoms with E-state index < -0.39 is 0 Å². The average molecular weight is 367 g/mol. The third kappa shape index (κ3) is 3.32. The maximum Gasteiger partial charge on any atom is 0.228 e. The van der Waals surface area contributed by atoms with Crippen LogP contribution >= 0.6 is 11.5 Å². The number of ether oxygens (including phenoxy) is 1. The van der Waals surface area contributed by atoms with Gasteiger partial charge in [0.15, 0.2) is 11.6 Å². The van der Waals surface area contributed by atoms with Gasteiger partial charge in [0.1, 0.15) is 12.5 Å². The number of benzene rings is 1. The van der Waals surface area contributed by atoms with Crippen LogP contribution in [0, 0.1) is 13.1 Å². The Bertz CT molecular complexity index is 868. The highest BCUT2D eigenvalue weighted by atomic mass is 32.1. The van der Waals surface area contributed by atoms with Crippen LogP contribution in [0.25, 0.3) is 0 Å². The highest BCUT2D eigenvalue weighted by molar-refractivity contribution is 7.09. The maximum absolute atomic E-state index is 5.33. The third-order valence-corrected chi connectivity index (χ3v) is 5.03. The summed E-state index contributed by atoms with van der Waals surface area (Å²) in [6.07, 6.45) is 6.63. The van der Waals surface area contributed by atoms with E-state index in [4.69, 9.17) is 4.74 Å². The summed E-state index contributed by atoms with van der Waals surface area (Å²) in [5, 5.41) is 3.79. The fourth-order valence-electron chi connectivity index (χ4n) is 3.16. The van der Waals surface area contributed by atoms with Gasteiger partial charge in [-0.05, 0) is 25.3 Å². The van der Waals surface area contributed by atoms with Crippen molar-refractivity contribution >= 4 is 28.4 Å². The smallest absolute Gasteiger partial charge is 0.228 e. The quantitative estimate of drug-likeness (QED) is 0.739. The second-order valence-electron chi connectivity index (χ2n) is 6.15. The van der Waals surface area contributed by atoms with Crippen molar-refractivity contribution in [2.75, 3.05) is 23.9 Å².